The van der Waals surface area contributed by atoms with E-state index in [1.54, 1.807) is 23.1 Å². The second-order valence-electron chi connectivity index (χ2n) is 7.74. The number of para-hydroxylation sites is 1. The maximum Gasteiger partial charge on any atom is 0.226 e. The van der Waals surface area contributed by atoms with Crippen LogP contribution in [0.1, 0.15) is 43.2 Å². The number of carbonyl (C=O) groups excluding carboxylic acids is 1. The number of hydrogen-bond acceptors (Lipinski definition) is 6. The van der Waals surface area contributed by atoms with Crippen molar-refractivity contribution < 1.29 is 14.3 Å². The Morgan fingerprint density at radius 3 is 2.91 bits per heavy atom. The molecular weight excluding hydrogens is 424 g/mol. The van der Waals surface area contributed by atoms with E-state index in [9.17, 15) is 4.79 Å². The van der Waals surface area contributed by atoms with Crippen molar-refractivity contribution >= 4 is 33.3 Å². The van der Waals surface area contributed by atoms with Gasteiger partial charge in [-0.3, -0.25) is 4.79 Å². The Balaban J connectivity index is 1.51. The van der Waals surface area contributed by atoms with Crippen LogP contribution >= 0.6 is 11.3 Å². The van der Waals surface area contributed by atoms with Crippen LogP contribution in [0.2, 0.25) is 0 Å². The lowest BCUT2D eigenvalue weighted by atomic mass is 9.87. The highest BCUT2D eigenvalue weighted by atomic mass is 32.1. The van der Waals surface area contributed by atoms with Crippen LogP contribution in [-0.4, -0.2) is 34.4 Å². The molecule has 2 aromatic heterocycles. The largest absolute Gasteiger partial charge is 0.493 e. The first-order valence-corrected chi connectivity index (χ1v) is 11.5. The van der Waals surface area contributed by atoms with Gasteiger partial charge in [0.05, 0.1) is 30.1 Å². The highest BCUT2D eigenvalue weighted by molar-refractivity contribution is 7.20. The van der Waals surface area contributed by atoms with Crippen molar-refractivity contribution in [3.8, 4) is 16.6 Å². The Morgan fingerprint density at radius 1 is 1.22 bits per heavy atom. The van der Waals surface area contributed by atoms with Crippen LogP contribution in [0.5, 0.6) is 11.5 Å². The second kappa shape index (κ2) is 8.63. The van der Waals surface area contributed by atoms with E-state index in [1.807, 2.05) is 48.7 Å². The van der Waals surface area contributed by atoms with Crippen molar-refractivity contribution in [1.82, 2.24) is 14.8 Å². The van der Waals surface area contributed by atoms with Crippen molar-refractivity contribution in [2.45, 2.75) is 32.1 Å². The van der Waals surface area contributed by atoms with Crippen LogP contribution in [0.4, 0.5) is 5.82 Å². The molecule has 0 bridgehead atoms. The summed E-state index contributed by atoms with van der Waals surface area (Å²) in [7, 11) is 1.63. The number of aromatic nitrogens is 3. The van der Waals surface area contributed by atoms with E-state index < -0.39 is 0 Å². The summed E-state index contributed by atoms with van der Waals surface area (Å²) in [5.41, 5.74) is 2.87. The Bertz CT molecular complexity index is 1250. The number of methoxy groups -OCH3 is 1. The molecule has 0 radical (unpaired) electrons. The molecule has 0 unspecified atom stereocenters. The van der Waals surface area contributed by atoms with Crippen molar-refractivity contribution in [3.63, 3.8) is 0 Å². The summed E-state index contributed by atoms with van der Waals surface area (Å²) in [4.78, 5) is 17.3. The van der Waals surface area contributed by atoms with Crippen LogP contribution in [0.3, 0.4) is 0 Å². The maximum absolute atomic E-state index is 12.6. The maximum atomic E-state index is 12.6. The van der Waals surface area contributed by atoms with Gasteiger partial charge in [-0.2, -0.15) is 9.78 Å². The molecule has 32 heavy (non-hydrogen) atoms. The molecule has 0 aliphatic carbocycles. The van der Waals surface area contributed by atoms with Gasteiger partial charge in [0.1, 0.15) is 5.82 Å². The van der Waals surface area contributed by atoms with E-state index in [1.165, 1.54) is 0 Å². The van der Waals surface area contributed by atoms with Gasteiger partial charge in [0.2, 0.25) is 11.0 Å². The van der Waals surface area contributed by atoms with Crippen LogP contribution in [0.25, 0.3) is 15.3 Å². The molecule has 164 valence electrons. The average molecular weight is 449 g/mol. The Hall–Kier alpha value is -3.39. The SMILES string of the molecule is CCCCOc1ccc([C@@H]2CC(=O)Nc3c2cnn3-c2nc3ccccc3s2)cc1OC. The van der Waals surface area contributed by atoms with Crippen molar-refractivity contribution in [2.75, 3.05) is 19.0 Å². The number of ether oxygens (including phenoxy) is 2. The van der Waals surface area contributed by atoms with E-state index in [0.717, 1.165) is 45.1 Å². The molecule has 1 atom stereocenters. The lowest BCUT2D eigenvalue weighted by molar-refractivity contribution is -0.116. The van der Waals surface area contributed by atoms with Gasteiger partial charge in [0.15, 0.2) is 11.5 Å². The van der Waals surface area contributed by atoms with E-state index in [0.29, 0.717) is 24.6 Å². The van der Waals surface area contributed by atoms with E-state index >= 15 is 0 Å². The summed E-state index contributed by atoms with van der Waals surface area (Å²) in [5.74, 6) is 1.89. The van der Waals surface area contributed by atoms with E-state index in [2.05, 4.69) is 17.3 Å². The van der Waals surface area contributed by atoms with Crippen molar-refractivity contribution in [3.05, 3.63) is 59.8 Å². The number of nitrogens with zero attached hydrogens (tertiary/aromatic N) is 3. The number of unbranched alkanes of at least 4 members (excludes halogenated alkanes) is 1. The first kappa shape index (κ1) is 20.5. The number of hydrogen-bond donors (Lipinski definition) is 1. The fourth-order valence-electron chi connectivity index (χ4n) is 3.96. The Morgan fingerprint density at radius 2 is 2.09 bits per heavy atom. The van der Waals surface area contributed by atoms with E-state index in [4.69, 9.17) is 14.5 Å². The van der Waals surface area contributed by atoms with Crippen molar-refractivity contribution in [2.24, 2.45) is 0 Å². The van der Waals surface area contributed by atoms with Gasteiger partial charge in [0.25, 0.3) is 0 Å². The molecule has 4 aromatic rings. The summed E-state index contributed by atoms with van der Waals surface area (Å²) in [6, 6.07) is 13.9. The van der Waals surface area contributed by atoms with Crippen molar-refractivity contribution in [1.29, 1.82) is 0 Å². The molecule has 0 spiro atoms. The smallest absolute Gasteiger partial charge is 0.226 e. The topological polar surface area (TPSA) is 78.3 Å². The molecule has 1 amide bonds. The number of thiazole rings is 1. The summed E-state index contributed by atoms with van der Waals surface area (Å²) < 4.78 is 14.2. The number of carbonyl (C=O) groups is 1. The van der Waals surface area contributed by atoms with Gasteiger partial charge in [-0.15, -0.1) is 0 Å². The molecule has 1 aliphatic heterocycles. The highest BCUT2D eigenvalue weighted by Gasteiger charge is 2.31. The molecule has 5 rings (SSSR count). The van der Waals surface area contributed by atoms with E-state index in [-0.39, 0.29) is 11.8 Å². The van der Waals surface area contributed by atoms with Crippen LogP contribution in [0, 0.1) is 0 Å². The van der Waals surface area contributed by atoms with Gasteiger partial charge in [-0.05, 0) is 36.2 Å². The molecular formula is C24H24N4O3S. The summed E-state index contributed by atoms with van der Waals surface area (Å²) in [6.07, 6.45) is 4.22. The Kier molecular flexibility index (Phi) is 5.53. The number of fused-ring (bicyclic) bond motifs is 2. The standard InChI is InChI=1S/C24H24N4O3S/c1-3-4-11-31-19-10-9-15(12-20(19)30-2)16-13-22(29)27-23-17(16)14-25-28(23)24-26-18-7-5-6-8-21(18)32-24/h5-10,12,14,16H,3-4,11,13H2,1-2H3,(H,27,29)/t16-/m0/s1. The summed E-state index contributed by atoms with van der Waals surface area (Å²) in [6.45, 7) is 2.78. The third kappa shape index (κ3) is 3.71. The zero-order valence-corrected chi connectivity index (χ0v) is 18.8. The predicted molar refractivity (Wildman–Crippen MR) is 125 cm³/mol. The normalized spacial score (nSPS) is 15.4. The molecule has 8 heteroatoms. The van der Waals surface area contributed by atoms with Crippen LogP contribution in [0.15, 0.2) is 48.7 Å². The van der Waals surface area contributed by atoms with Gasteiger partial charge < -0.3 is 14.8 Å². The summed E-state index contributed by atoms with van der Waals surface area (Å²) >= 11 is 1.55. The molecule has 0 saturated carbocycles. The molecule has 2 aromatic carbocycles. The minimum atomic E-state index is -0.125. The monoisotopic (exact) mass is 448 g/mol. The molecule has 7 nitrogen and oxygen atoms in total. The van der Waals surface area contributed by atoms with Gasteiger partial charge >= 0.3 is 0 Å². The zero-order valence-electron chi connectivity index (χ0n) is 18.0. The number of rotatable bonds is 7. The second-order valence-corrected chi connectivity index (χ2v) is 8.75. The number of amides is 1. The quantitative estimate of drug-likeness (QED) is 0.396. The fraction of sp³-hybridized carbons (Fsp3) is 0.292. The average Bonchev–Trinajstić information content (AvgIpc) is 3.42. The lowest BCUT2D eigenvalue weighted by Crippen LogP contribution is -2.24. The Labute approximate surface area is 190 Å². The van der Waals surface area contributed by atoms with Gasteiger partial charge in [-0.25, -0.2) is 4.98 Å². The predicted octanol–water partition coefficient (Wildman–Crippen LogP) is 5.14. The van der Waals surface area contributed by atoms with Crippen LogP contribution < -0.4 is 14.8 Å². The first-order chi connectivity index (χ1) is 15.7. The minimum absolute atomic E-state index is 0.0485. The number of anilines is 1. The van der Waals surface area contributed by atoms with Crippen LogP contribution in [-0.2, 0) is 4.79 Å². The fourth-order valence-corrected chi connectivity index (χ4v) is 4.89. The summed E-state index contributed by atoms with van der Waals surface area (Å²) in [5, 5.41) is 8.30. The van der Waals surface area contributed by atoms with Gasteiger partial charge in [0, 0.05) is 17.9 Å². The third-order valence-corrected chi connectivity index (χ3v) is 6.64. The zero-order chi connectivity index (χ0) is 22.1. The minimum Gasteiger partial charge on any atom is -0.493 e. The van der Waals surface area contributed by atoms with Gasteiger partial charge in [-0.1, -0.05) is 42.9 Å². The highest BCUT2D eigenvalue weighted by Crippen LogP contribution is 2.41. The lowest BCUT2D eigenvalue weighted by Gasteiger charge is -2.24. The number of nitrogens with one attached hydrogen (secondary N) is 1. The molecule has 3 heterocycles. The first-order valence-electron chi connectivity index (χ1n) is 10.7. The molecule has 1 N–H and O–H groups in total. The molecule has 1 aliphatic rings. The molecule has 0 saturated heterocycles. The molecule has 0 fully saturated rings. The third-order valence-electron chi connectivity index (χ3n) is 5.63. The number of benzene rings is 2.